The van der Waals surface area contributed by atoms with Gasteiger partial charge in [0.05, 0.1) is 11.5 Å². The van der Waals surface area contributed by atoms with E-state index in [9.17, 15) is 20.3 Å². The van der Waals surface area contributed by atoms with Crippen LogP contribution in [0.1, 0.15) is 12.5 Å². The summed E-state index contributed by atoms with van der Waals surface area (Å²) in [6.07, 6.45) is -0.540. The molecule has 2 rings (SSSR count). The zero-order valence-electron chi connectivity index (χ0n) is 9.66. The van der Waals surface area contributed by atoms with Crippen LogP contribution in [-0.4, -0.2) is 38.6 Å². The number of ether oxygens (including phenoxy) is 1. The van der Waals surface area contributed by atoms with Gasteiger partial charge in [0.2, 0.25) is 5.75 Å². The Balaban J connectivity index is 2.41. The van der Waals surface area contributed by atoms with Crippen LogP contribution in [0, 0.1) is 10.1 Å². The van der Waals surface area contributed by atoms with Gasteiger partial charge >= 0.3 is 5.69 Å². The van der Waals surface area contributed by atoms with Gasteiger partial charge < -0.3 is 20.1 Å². The van der Waals surface area contributed by atoms with Gasteiger partial charge in [0.1, 0.15) is 11.7 Å². The molecular weight excluding hydrogens is 242 g/mol. The molecular formula is C11H13NO6. The second kappa shape index (κ2) is 4.11. The number of hydrogen-bond donors (Lipinski definition) is 3. The van der Waals surface area contributed by atoms with E-state index < -0.39 is 34.7 Å². The first-order valence-electron chi connectivity index (χ1n) is 5.36. The maximum Gasteiger partial charge on any atom is 0.352 e. The molecule has 0 amide bonds. The normalized spacial score (nSPS) is 20.9. The van der Waals surface area contributed by atoms with Crippen LogP contribution >= 0.6 is 0 Å². The fourth-order valence-corrected chi connectivity index (χ4v) is 1.90. The molecule has 98 valence electrons. The molecule has 0 saturated carbocycles. The third-order valence-electron chi connectivity index (χ3n) is 3.05. The lowest BCUT2D eigenvalue weighted by Crippen LogP contribution is -2.45. The Bertz CT molecular complexity index is 499. The number of phenols is 1. The Kier molecular flexibility index (Phi) is 2.88. The monoisotopic (exact) mass is 255 g/mol. The molecule has 0 aliphatic carbocycles. The van der Waals surface area contributed by atoms with Crippen LogP contribution in [0.5, 0.6) is 11.5 Å². The summed E-state index contributed by atoms with van der Waals surface area (Å²) in [6, 6.07) is 2.72. The number of nitro benzene ring substituents is 1. The highest BCUT2D eigenvalue weighted by atomic mass is 16.6. The number of hydrogen-bond acceptors (Lipinski definition) is 6. The molecule has 0 bridgehead atoms. The molecule has 18 heavy (non-hydrogen) atoms. The van der Waals surface area contributed by atoms with E-state index in [0.717, 1.165) is 0 Å². The highest BCUT2D eigenvalue weighted by Crippen LogP contribution is 2.44. The predicted molar refractivity (Wildman–Crippen MR) is 60.6 cm³/mol. The van der Waals surface area contributed by atoms with Crippen molar-refractivity contribution in [3.8, 4) is 11.5 Å². The lowest BCUT2D eigenvalue weighted by Gasteiger charge is -2.26. The number of phenolic OH excluding ortho intramolecular Hbond substituents is 1. The average Bonchev–Trinajstić information content (AvgIpc) is 2.72. The Morgan fingerprint density at radius 2 is 2.28 bits per heavy atom. The van der Waals surface area contributed by atoms with E-state index in [1.807, 2.05) is 0 Å². The number of fused-ring (bicyclic) bond motifs is 1. The summed E-state index contributed by atoms with van der Waals surface area (Å²) in [4.78, 5) is 10.1. The number of aliphatic hydroxyl groups is 2. The van der Waals surface area contributed by atoms with Gasteiger partial charge in [-0.05, 0) is 13.0 Å². The maximum atomic E-state index is 10.9. The number of nitrogens with zero attached hydrogens (tertiary/aromatic N) is 1. The first kappa shape index (κ1) is 12.6. The fourth-order valence-electron chi connectivity index (χ4n) is 1.90. The summed E-state index contributed by atoms with van der Waals surface area (Å²) in [5, 5.41) is 39.3. The van der Waals surface area contributed by atoms with Crippen molar-refractivity contribution in [2.24, 2.45) is 0 Å². The first-order chi connectivity index (χ1) is 8.36. The van der Waals surface area contributed by atoms with E-state index in [1.54, 1.807) is 0 Å². The Hall–Kier alpha value is -1.86. The SMILES string of the molecule is C[C@](O)(CO)[C@H]1Cc2ccc(O)c([N+](=O)[O-])c2O1. The predicted octanol–water partition coefficient (Wildman–Crippen LogP) is 0.347. The van der Waals surface area contributed by atoms with Crippen molar-refractivity contribution < 1.29 is 25.0 Å². The quantitative estimate of drug-likeness (QED) is 0.530. The van der Waals surface area contributed by atoms with Crippen LogP contribution < -0.4 is 4.74 Å². The van der Waals surface area contributed by atoms with Gasteiger partial charge in [-0.15, -0.1) is 0 Å². The lowest BCUT2D eigenvalue weighted by molar-refractivity contribution is -0.387. The molecule has 2 atom stereocenters. The molecule has 7 heteroatoms. The van der Waals surface area contributed by atoms with Crippen molar-refractivity contribution in [2.75, 3.05) is 6.61 Å². The molecule has 1 heterocycles. The smallest absolute Gasteiger partial charge is 0.352 e. The van der Waals surface area contributed by atoms with Crippen molar-refractivity contribution in [2.45, 2.75) is 25.0 Å². The Labute approximate surface area is 102 Å². The standard InChI is InChI=1S/C11H13NO6/c1-11(15,5-13)8-4-6-2-3-7(14)9(12(16)17)10(6)18-8/h2-3,8,13-15H,4-5H2,1H3/t8-,11+/m1/s1. The number of benzene rings is 1. The third-order valence-corrected chi connectivity index (χ3v) is 3.05. The van der Waals surface area contributed by atoms with Crippen molar-refractivity contribution in [1.82, 2.24) is 0 Å². The summed E-state index contributed by atoms with van der Waals surface area (Å²) in [6.45, 7) is 0.862. The summed E-state index contributed by atoms with van der Waals surface area (Å²) in [5.41, 5.74) is -1.48. The van der Waals surface area contributed by atoms with Gasteiger partial charge in [-0.3, -0.25) is 10.1 Å². The highest BCUT2D eigenvalue weighted by molar-refractivity contribution is 5.62. The summed E-state index contributed by atoms with van der Waals surface area (Å²) in [7, 11) is 0. The number of rotatable bonds is 3. The fraction of sp³-hybridized carbons (Fsp3) is 0.455. The summed E-state index contributed by atoms with van der Waals surface area (Å²) in [5.74, 6) is -0.526. The van der Waals surface area contributed by atoms with Crippen LogP contribution in [0.3, 0.4) is 0 Å². The number of aliphatic hydroxyl groups excluding tert-OH is 1. The summed E-state index contributed by atoms with van der Waals surface area (Å²) >= 11 is 0. The van der Waals surface area contributed by atoms with E-state index in [2.05, 4.69) is 0 Å². The second-order valence-corrected chi connectivity index (χ2v) is 4.50. The molecule has 0 spiro atoms. The van der Waals surface area contributed by atoms with Gasteiger partial charge in [0.25, 0.3) is 0 Å². The Morgan fingerprint density at radius 3 is 2.83 bits per heavy atom. The van der Waals surface area contributed by atoms with Crippen molar-refractivity contribution in [3.05, 3.63) is 27.8 Å². The molecule has 7 nitrogen and oxygen atoms in total. The van der Waals surface area contributed by atoms with Gasteiger partial charge in [0, 0.05) is 12.0 Å². The molecule has 1 aliphatic rings. The van der Waals surface area contributed by atoms with Gasteiger partial charge in [-0.25, -0.2) is 0 Å². The molecule has 1 aliphatic heterocycles. The van der Waals surface area contributed by atoms with Crippen LogP contribution in [0.15, 0.2) is 12.1 Å². The topological polar surface area (TPSA) is 113 Å². The Morgan fingerprint density at radius 1 is 1.61 bits per heavy atom. The minimum atomic E-state index is -1.50. The molecule has 0 unspecified atom stereocenters. The van der Waals surface area contributed by atoms with Gasteiger partial charge in [0.15, 0.2) is 5.75 Å². The van der Waals surface area contributed by atoms with Crippen molar-refractivity contribution in [1.29, 1.82) is 0 Å². The van der Waals surface area contributed by atoms with Crippen molar-refractivity contribution >= 4 is 5.69 Å². The highest BCUT2D eigenvalue weighted by Gasteiger charge is 2.41. The largest absolute Gasteiger partial charge is 0.502 e. The van der Waals surface area contributed by atoms with Crippen molar-refractivity contribution in [3.63, 3.8) is 0 Å². The molecule has 0 saturated heterocycles. The zero-order valence-corrected chi connectivity index (χ0v) is 9.66. The minimum Gasteiger partial charge on any atom is -0.502 e. The molecule has 0 aromatic heterocycles. The van der Waals surface area contributed by atoms with Crippen LogP contribution in [0.4, 0.5) is 5.69 Å². The van der Waals surface area contributed by atoms with Crippen LogP contribution in [0.25, 0.3) is 0 Å². The van der Waals surface area contributed by atoms with Crippen LogP contribution in [-0.2, 0) is 6.42 Å². The number of aromatic hydroxyl groups is 1. The average molecular weight is 255 g/mol. The summed E-state index contributed by atoms with van der Waals surface area (Å²) < 4.78 is 5.32. The molecule has 1 aromatic rings. The van der Waals surface area contributed by atoms with E-state index >= 15 is 0 Å². The minimum absolute atomic E-state index is 0.0428. The van der Waals surface area contributed by atoms with Gasteiger partial charge in [-0.2, -0.15) is 0 Å². The molecule has 1 aromatic carbocycles. The second-order valence-electron chi connectivity index (χ2n) is 4.50. The molecule has 3 N–H and O–H groups in total. The number of nitro groups is 1. The van der Waals surface area contributed by atoms with E-state index in [1.165, 1.54) is 19.1 Å². The lowest BCUT2D eigenvalue weighted by atomic mass is 9.96. The van der Waals surface area contributed by atoms with E-state index in [-0.39, 0.29) is 12.2 Å². The third kappa shape index (κ3) is 1.87. The molecule has 0 radical (unpaired) electrons. The zero-order chi connectivity index (χ0) is 13.5. The first-order valence-corrected chi connectivity index (χ1v) is 5.36. The van der Waals surface area contributed by atoms with E-state index in [0.29, 0.717) is 5.56 Å². The van der Waals surface area contributed by atoms with Crippen LogP contribution in [0.2, 0.25) is 0 Å². The van der Waals surface area contributed by atoms with Gasteiger partial charge in [-0.1, -0.05) is 6.07 Å². The van der Waals surface area contributed by atoms with E-state index in [4.69, 9.17) is 9.84 Å². The molecule has 0 fully saturated rings. The maximum absolute atomic E-state index is 10.9.